The second-order valence-electron chi connectivity index (χ2n) is 4.75. The maximum atomic E-state index is 12.4. The highest BCUT2D eigenvalue weighted by Crippen LogP contribution is 2.19. The molecule has 0 aliphatic heterocycles. The average Bonchev–Trinajstić information content (AvgIpc) is 2.43. The zero-order chi connectivity index (χ0) is 14.4. The standard InChI is InChI=1S/C15H21NO3/c1-4-11(2)16(10-14(17)18)15(19)12(3)13-8-6-5-7-9-13/h5-9,11-12H,4,10H2,1-3H3,(H,17,18)/t11?,12-/m1/s1. The van der Waals surface area contributed by atoms with Crippen molar-refractivity contribution in [2.75, 3.05) is 6.54 Å². The summed E-state index contributed by atoms with van der Waals surface area (Å²) in [5.74, 6) is -1.44. The van der Waals surface area contributed by atoms with Crippen molar-refractivity contribution in [2.24, 2.45) is 0 Å². The van der Waals surface area contributed by atoms with Crippen LogP contribution in [0.25, 0.3) is 0 Å². The number of nitrogens with zero attached hydrogens (tertiary/aromatic N) is 1. The van der Waals surface area contributed by atoms with Crippen molar-refractivity contribution < 1.29 is 14.7 Å². The molecule has 0 fully saturated rings. The lowest BCUT2D eigenvalue weighted by atomic mass is 9.99. The Kier molecular flexibility index (Phi) is 5.55. The minimum absolute atomic E-state index is 0.0743. The van der Waals surface area contributed by atoms with Crippen LogP contribution in [-0.4, -0.2) is 34.5 Å². The lowest BCUT2D eigenvalue weighted by Crippen LogP contribution is -2.43. The van der Waals surface area contributed by atoms with E-state index in [-0.39, 0.29) is 24.4 Å². The van der Waals surface area contributed by atoms with Crippen molar-refractivity contribution in [3.8, 4) is 0 Å². The summed E-state index contributed by atoms with van der Waals surface area (Å²) < 4.78 is 0. The second-order valence-corrected chi connectivity index (χ2v) is 4.75. The topological polar surface area (TPSA) is 57.6 Å². The first-order valence-corrected chi connectivity index (χ1v) is 6.54. The highest BCUT2D eigenvalue weighted by atomic mass is 16.4. The van der Waals surface area contributed by atoms with Crippen LogP contribution in [0.15, 0.2) is 30.3 Å². The van der Waals surface area contributed by atoms with Crippen LogP contribution >= 0.6 is 0 Å². The molecule has 2 atom stereocenters. The van der Waals surface area contributed by atoms with Gasteiger partial charge in [0.1, 0.15) is 6.54 Å². The number of carbonyl (C=O) groups excluding carboxylic acids is 1. The Morgan fingerprint density at radius 3 is 2.26 bits per heavy atom. The van der Waals surface area contributed by atoms with Crippen molar-refractivity contribution in [2.45, 2.75) is 39.2 Å². The van der Waals surface area contributed by atoms with Crippen molar-refractivity contribution in [3.05, 3.63) is 35.9 Å². The predicted molar refractivity (Wildman–Crippen MR) is 74.0 cm³/mol. The summed E-state index contributed by atoms with van der Waals surface area (Å²) in [5, 5.41) is 8.94. The summed E-state index contributed by atoms with van der Waals surface area (Å²) in [6.07, 6.45) is 0.737. The molecule has 0 spiro atoms. The molecule has 4 heteroatoms. The number of carboxylic acid groups (broad SMARTS) is 1. The Bertz CT molecular complexity index is 430. The molecule has 0 aliphatic carbocycles. The minimum atomic E-state index is -0.978. The van der Waals surface area contributed by atoms with Gasteiger partial charge in [-0.2, -0.15) is 0 Å². The van der Waals surface area contributed by atoms with Gasteiger partial charge in [-0.15, -0.1) is 0 Å². The lowest BCUT2D eigenvalue weighted by Gasteiger charge is -2.29. The molecule has 1 N–H and O–H groups in total. The molecule has 0 saturated heterocycles. The summed E-state index contributed by atoms with van der Waals surface area (Å²) in [6, 6.07) is 9.35. The van der Waals surface area contributed by atoms with E-state index in [1.807, 2.05) is 51.1 Å². The average molecular weight is 263 g/mol. The number of aliphatic carboxylic acids is 1. The van der Waals surface area contributed by atoms with Crippen molar-refractivity contribution >= 4 is 11.9 Å². The Balaban J connectivity index is 2.90. The van der Waals surface area contributed by atoms with Gasteiger partial charge < -0.3 is 10.0 Å². The van der Waals surface area contributed by atoms with Gasteiger partial charge in [0.05, 0.1) is 5.92 Å². The van der Waals surface area contributed by atoms with Crippen molar-refractivity contribution in [1.82, 2.24) is 4.90 Å². The van der Waals surface area contributed by atoms with E-state index >= 15 is 0 Å². The van der Waals surface area contributed by atoms with Gasteiger partial charge in [-0.05, 0) is 25.8 Å². The predicted octanol–water partition coefficient (Wildman–Crippen LogP) is 2.50. The van der Waals surface area contributed by atoms with E-state index in [4.69, 9.17) is 5.11 Å². The van der Waals surface area contributed by atoms with Gasteiger partial charge in [0.2, 0.25) is 5.91 Å². The molecule has 104 valence electrons. The third-order valence-electron chi connectivity index (χ3n) is 3.38. The first-order valence-electron chi connectivity index (χ1n) is 6.54. The Morgan fingerprint density at radius 2 is 1.79 bits per heavy atom. The smallest absolute Gasteiger partial charge is 0.323 e. The van der Waals surface area contributed by atoms with E-state index in [0.717, 1.165) is 12.0 Å². The van der Waals surface area contributed by atoms with Crippen LogP contribution in [0.1, 0.15) is 38.7 Å². The van der Waals surface area contributed by atoms with Crippen LogP contribution in [0.5, 0.6) is 0 Å². The van der Waals surface area contributed by atoms with E-state index in [1.54, 1.807) is 0 Å². The molecule has 0 aliphatic rings. The molecule has 1 aromatic carbocycles. The summed E-state index contributed by atoms with van der Waals surface area (Å²) in [5.41, 5.74) is 0.909. The molecule has 0 saturated carbocycles. The zero-order valence-electron chi connectivity index (χ0n) is 11.7. The normalized spacial score (nSPS) is 13.6. The summed E-state index contributed by atoms with van der Waals surface area (Å²) >= 11 is 0. The molecular formula is C15H21NO3. The lowest BCUT2D eigenvalue weighted by molar-refractivity contribution is -0.146. The summed E-state index contributed by atoms with van der Waals surface area (Å²) in [6.45, 7) is 5.39. The fraction of sp³-hybridized carbons (Fsp3) is 0.467. The molecule has 1 unspecified atom stereocenters. The molecular weight excluding hydrogens is 242 g/mol. The Labute approximate surface area is 114 Å². The fourth-order valence-corrected chi connectivity index (χ4v) is 1.95. The van der Waals surface area contributed by atoms with Crippen molar-refractivity contribution in [1.29, 1.82) is 0 Å². The van der Waals surface area contributed by atoms with Gasteiger partial charge in [-0.3, -0.25) is 9.59 Å². The number of amides is 1. The highest BCUT2D eigenvalue weighted by Gasteiger charge is 2.26. The third kappa shape index (κ3) is 4.09. The van der Waals surface area contributed by atoms with E-state index in [2.05, 4.69) is 0 Å². The third-order valence-corrected chi connectivity index (χ3v) is 3.38. The quantitative estimate of drug-likeness (QED) is 0.858. The molecule has 0 bridgehead atoms. The Hall–Kier alpha value is -1.84. The van der Waals surface area contributed by atoms with Crippen LogP contribution in [0, 0.1) is 0 Å². The molecule has 19 heavy (non-hydrogen) atoms. The number of hydrogen-bond acceptors (Lipinski definition) is 2. The highest BCUT2D eigenvalue weighted by molar-refractivity contribution is 5.86. The SMILES string of the molecule is CCC(C)N(CC(=O)O)C(=O)[C@H](C)c1ccccc1. The van der Waals surface area contributed by atoms with E-state index in [0.29, 0.717) is 0 Å². The van der Waals surface area contributed by atoms with Gasteiger partial charge in [0.15, 0.2) is 0 Å². The molecule has 0 radical (unpaired) electrons. The second kappa shape index (κ2) is 6.92. The van der Waals surface area contributed by atoms with E-state index in [1.165, 1.54) is 4.90 Å². The van der Waals surface area contributed by atoms with Gasteiger partial charge in [-0.25, -0.2) is 0 Å². The molecule has 1 rings (SSSR count). The number of carboxylic acids is 1. The first-order chi connectivity index (χ1) is 8.97. The van der Waals surface area contributed by atoms with Gasteiger partial charge >= 0.3 is 5.97 Å². The summed E-state index contributed by atoms with van der Waals surface area (Å²) in [7, 11) is 0. The Morgan fingerprint density at radius 1 is 1.21 bits per heavy atom. The number of benzene rings is 1. The first kappa shape index (κ1) is 15.2. The molecule has 0 heterocycles. The fourth-order valence-electron chi connectivity index (χ4n) is 1.95. The monoisotopic (exact) mass is 263 g/mol. The zero-order valence-corrected chi connectivity index (χ0v) is 11.7. The van der Waals surface area contributed by atoms with Crippen LogP contribution in [0.2, 0.25) is 0 Å². The van der Waals surface area contributed by atoms with Crippen LogP contribution in [0.4, 0.5) is 0 Å². The molecule has 1 amide bonds. The van der Waals surface area contributed by atoms with E-state index in [9.17, 15) is 9.59 Å². The van der Waals surface area contributed by atoms with Crippen LogP contribution in [0.3, 0.4) is 0 Å². The molecule has 0 aromatic heterocycles. The van der Waals surface area contributed by atoms with Crippen molar-refractivity contribution in [3.63, 3.8) is 0 Å². The van der Waals surface area contributed by atoms with Crippen LogP contribution in [-0.2, 0) is 9.59 Å². The maximum absolute atomic E-state index is 12.4. The van der Waals surface area contributed by atoms with Gasteiger partial charge in [-0.1, -0.05) is 37.3 Å². The van der Waals surface area contributed by atoms with Gasteiger partial charge in [0, 0.05) is 6.04 Å². The number of carbonyl (C=O) groups is 2. The summed E-state index contributed by atoms with van der Waals surface area (Å²) in [4.78, 5) is 24.8. The van der Waals surface area contributed by atoms with E-state index < -0.39 is 5.97 Å². The number of rotatable bonds is 6. The maximum Gasteiger partial charge on any atom is 0.323 e. The van der Waals surface area contributed by atoms with Crippen LogP contribution < -0.4 is 0 Å². The largest absolute Gasteiger partial charge is 0.480 e. The molecule has 4 nitrogen and oxygen atoms in total. The minimum Gasteiger partial charge on any atom is -0.480 e. The molecule has 1 aromatic rings. The number of hydrogen-bond donors (Lipinski definition) is 1. The van der Waals surface area contributed by atoms with Gasteiger partial charge in [0.25, 0.3) is 0 Å².